The van der Waals surface area contributed by atoms with Crippen molar-refractivity contribution < 1.29 is 13.6 Å². The third-order valence-corrected chi connectivity index (χ3v) is 3.60. The maximum absolute atomic E-state index is 12.5. The quantitative estimate of drug-likeness (QED) is 0.869. The number of aryl methyl sites for hydroxylation is 1. The molecule has 7 heteroatoms. The van der Waals surface area contributed by atoms with Crippen molar-refractivity contribution in [2.45, 2.75) is 52.5 Å². The number of halogens is 2. The topological polar surface area (TPSA) is 59.3 Å². The lowest BCUT2D eigenvalue weighted by Crippen LogP contribution is -2.26. The highest BCUT2D eigenvalue weighted by molar-refractivity contribution is 5.87. The number of aromatic nitrogens is 2. The number of amides is 1. The molecule has 0 radical (unpaired) electrons. The highest BCUT2D eigenvalue weighted by atomic mass is 19.3. The van der Waals surface area contributed by atoms with Crippen molar-refractivity contribution >= 4 is 11.6 Å². The second kappa shape index (κ2) is 6.78. The Kier molecular flexibility index (Phi) is 5.03. The van der Waals surface area contributed by atoms with Crippen molar-refractivity contribution in [2.75, 3.05) is 0 Å². The van der Waals surface area contributed by atoms with Gasteiger partial charge in [0.2, 0.25) is 0 Å². The number of carbonyl (C=O) groups excluding carboxylic acids is 1. The summed E-state index contributed by atoms with van der Waals surface area (Å²) in [5.41, 5.74) is 3.70. The van der Waals surface area contributed by atoms with Crippen LogP contribution in [0.4, 0.5) is 8.78 Å². The third-order valence-electron chi connectivity index (χ3n) is 3.60. The maximum atomic E-state index is 12.5. The van der Waals surface area contributed by atoms with Crippen LogP contribution >= 0.6 is 0 Å². The van der Waals surface area contributed by atoms with Crippen molar-refractivity contribution in [3.05, 3.63) is 17.5 Å². The van der Waals surface area contributed by atoms with E-state index in [0.29, 0.717) is 11.6 Å². The van der Waals surface area contributed by atoms with Gasteiger partial charge >= 0.3 is 0 Å². The summed E-state index contributed by atoms with van der Waals surface area (Å²) >= 11 is 0. The van der Waals surface area contributed by atoms with E-state index < -0.39 is 6.43 Å². The van der Waals surface area contributed by atoms with Crippen molar-refractivity contribution in [2.24, 2.45) is 11.0 Å². The Morgan fingerprint density at radius 3 is 3.00 bits per heavy atom. The first-order valence-corrected chi connectivity index (χ1v) is 7.12. The molecule has 0 bridgehead atoms. The molecule has 5 nitrogen and oxygen atoms in total. The van der Waals surface area contributed by atoms with E-state index in [1.807, 2.05) is 0 Å². The summed E-state index contributed by atoms with van der Waals surface area (Å²) in [5.74, 6) is 0.240. The number of alkyl halides is 2. The fourth-order valence-corrected chi connectivity index (χ4v) is 2.48. The molecule has 0 aromatic carbocycles. The Hall–Kier alpha value is -1.79. The molecular weight excluding hydrogens is 278 g/mol. The number of nitrogens with one attached hydrogen (secondary N) is 1. The van der Waals surface area contributed by atoms with Crippen molar-refractivity contribution in [1.29, 1.82) is 0 Å². The fraction of sp³-hybridized carbons (Fsp3) is 0.643. The van der Waals surface area contributed by atoms with Crippen molar-refractivity contribution in [1.82, 2.24) is 15.2 Å². The number of rotatable bonds is 4. The highest BCUT2D eigenvalue weighted by Gasteiger charge is 2.16. The molecule has 1 aromatic rings. The van der Waals surface area contributed by atoms with Crippen molar-refractivity contribution in [3.8, 4) is 0 Å². The lowest BCUT2D eigenvalue weighted by molar-refractivity contribution is -0.121. The second-order valence-electron chi connectivity index (χ2n) is 5.58. The fourth-order valence-electron chi connectivity index (χ4n) is 2.48. The minimum absolute atomic E-state index is 0.106. The van der Waals surface area contributed by atoms with E-state index in [2.05, 4.69) is 22.5 Å². The third kappa shape index (κ3) is 4.34. The van der Waals surface area contributed by atoms with Crippen LogP contribution in [0.3, 0.4) is 0 Å². The van der Waals surface area contributed by atoms with Gasteiger partial charge in [0.25, 0.3) is 12.3 Å². The molecular formula is C14H20F2N4O. The average Bonchev–Trinajstić information content (AvgIpc) is 2.78. The number of carbonyl (C=O) groups is 1. The van der Waals surface area contributed by atoms with Gasteiger partial charge in [-0.05, 0) is 44.6 Å². The Labute approximate surface area is 122 Å². The molecule has 1 aromatic heterocycles. The van der Waals surface area contributed by atoms with E-state index in [0.717, 1.165) is 25.0 Å². The van der Waals surface area contributed by atoms with Crippen LogP contribution in [0.15, 0.2) is 11.2 Å². The zero-order valence-electron chi connectivity index (χ0n) is 12.3. The van der Waals surface area contributed by atoms with Crippen LogP contribution in [0, 0.1) is 12.8 Å². The molecule has 1 aliphatic carbocycles. The molecule has 0 aliphatic heterocycles. The predicted octanol–water partition coefficient (Wildman–Crippen LogP) is 2.81. The van der Waals surface area contributed by atoms with Gasteiger partial charge in [-0.1, -0.05) is 6.92 Å². The molecule has 0 spiro atoms. The number of hydrogen-bond acceptors (Lipinski definition) is 3. The Morgan fingerprint density at radius 1 is 1.62 bits per heavy atom. The van der Waals surface area contributed by atoms with E-state index in [9.17, 15) is 13.6 Å². The molecule has 1 aliphatic rings. The van der Waals surface area contributed by atoms with Gasteiger partial charge in [-0.2, -0.15) is 10.2 Å². The van der Waals surface area contributed by atoms with Crippen LogP contribution in [-0.2, 0) is 11.3 Å². The standard InChI is InChI=1S/C14H20F2N4O/c1-9-4-3-5-11(6-9)17-18-13(21)8-20-10(2)7-12(19-20)14(15)16/h7,9,14H,3-6,8H2,1-2H3,(H,18,21)/b17-11-. The summed E-state index contributed by atoms with van der Waals surface area (Å²) in [6.07, 6.45) is 1.45. The van der Waals surface area contributed by atoms with E-state index in [-0.39, 0.29) is 18.1 Å². The lowest BCUT2D eigenvalue weighted by atomic mass is 9.89. The highest BCUT2D eigenvalue weighted by Crippen LogP contribution is 2.21. The normalized spacial score (nSPS) is 21.0. The average molecular weight is 298 g/mol. The molecule has 116 valence electrons. The molecule has 1 atom stereocenters. The molecule has 1 heterocycles. The SMILES string of the molecule is Cc1cc(C(F)F)nn1CC(=O)N/N=C1/CCCC(C)C1. The summed E-state index contributed by atoms with van der Waals surface area (Å²) in [4.78, 5) is 11.8. The Morgan fingerprint density at radius 2 is 2.38 bits per heavy atom. The Balaban J connectivity index is 1.91. The zero-order chi connectivity index (χ0) is 15.4. The smallest absolute Gasteiger partial charge is 0.271 e. The molecule has 1 amide bonds. The zero-order valence-corrected chi connectivity index (χ0v) is 12.3. The first kappa shape index (κ1) is 15.6. The second-order valence-corrected chi connectivity index (χ2v) is 5.58. The molecule has 1 N–H and O–H groups in total. The van der Waals surface area contributed by atoms with Crippen LogP contribution in [-0.4, -0.2) is 21.4 Å². The summed E-state index contributed by atoms with van der Waals surface area (Å²) in [6, 6.07) is 1.28. The van der Waals surface area contributed by atoms with E-state index in [4.69, 9.17) is 0 Å². The lowest BCUT2D eigenvalue weighted by Gasteiger charge is -2.18. The Bertz CT molecular complexity index is 539. The minimum Gasteiger partial charge on any atom is -0.271 e. The largest absolute Gasteiger partial charge is 0.282 e. The molecule has 0 saturated heterocycles. The van der Waals surface area contributed by atoms with Crippen molar-refractivity contribution in [3.63, 3.8) is 0 Å². The monoisotopic (exact) mass is 298 g/mol. The summed E-state index contributed by atoms with van der Waals surface area (Å²) in [7, 11) is 0. The van der Waals surface area contributed by atoms with E-state index >= 15 is 0 Å². The number of hydrogen-bond donors (Lipinski definition) is 1. The van der Waals surface area contributed by atoms with Crippen LogP contribution in [0.5, 0.6) is 0 Å². The number of nitrogens with zero attached hydrogens (tertiary/aromatic N) is 3. The summed E-state index contributed by atoms with van der Waals surface area (Å²) < 4.78 is 26.3. The first-order chi connectivity index (χ1) is 9.95. The van der Waals surface area contributed by atoms with E-state index in [1.165, 1.54) is 17.2 Å². The van der Waals surface area contributed by atoms with Crippen LogP contribution in [0.25, 0.3) is 0 Å². The predicted molar refractivity (Wildman–Crippen MR) is 75.1 cm³/mol. The van der Waals surface area contributed by atoms with Gasteiger partial charge in [0.15, 0.2) is 0 Å². The van der Waals surface area contributed by atoms with E-state index in [1.54, 1.807) is 6.92 Å². The molecule has 1 fully saturated rings. The molecule has 1 unspecified atom stereocenters. The summed E-state index contributed by atoms with van der Waals surface area (Å²) in [6.45, 7) is 3.70. The van der Waals surface area contributed by atoms with Gasteiger partial charge in [0, 0.05) is 11.4 Å². The van der Waals surface area contributed by atoms with Gasteiger partial charge in [0.05, 0.1) is 0 Å². The van der Waals surface area contributed by atoms with Crippen LogP contribution < -0.4 is 5.43 Å². The van der Waals surface area contributed by atoms with Gasteiger partial charge in [-0.25, -0.2) is 14.2 Å². The number of hydrazone groups is 1. The minimum atomic E-state index is -2.63. The molecule has 21 heavy (non-hydrogen) atoms. The molecule has 2 rings (SSSR count). The van der Waals surface area contributed by atoms with Crippen LogP contribution in [0.2, 0.25) is 0 Å². The summed E-state index contributed by atoms with van der Waals surface area (Å²) in [5, 5.41) is 7.84. The maximum Gasteiger partial charge on any atom is 0.282 e. The van der Waals surface area contributed by atoms with Gasteiger partial charge < -0.3 is 0 Å². The first-order valence-electron chi connectivity index (χ1n) is 7.12. The van der Waals surface area contributed by atoms with Gasteiger partial charge in [0.1, 0.15) is 12.2 Å². The van der Waals surface area contributed by atoms with Gasteiger partial charge in [-0.15, -0.1) is 0 Å². The molecule has 1 saturated carbocycles. The van der Waals surface area contributed by atoms with Gasteiger partial charge in [-0.3, -0.25) is 9.48 Å². The van der Waals surface area contributed by atoms with Crippen LogP contribution in [0.1, 0.15) is 50.4 Å².